The highest BCUT2D eigenvalue weighted by atomic mass is 35.5. The van der Waals surface area contributed by atoms with Gasteiger partial charge in [0, 0.05) is 28.3 Å². The van der Waals surface area contributed by atoms with Gasteiger partial charge >= 0.3 is 0 Å². The number of carbonyl (C=O) groups is 2. The van der Waals surface area contributed by atoms with Gasteiger partial charge in [-0.1, -0.05) is 11.6 Å². The highest BCUT2D eigenvalue weighted by Gasteiger charge is 2.30. The first-order valence-corrected chi connectivity index (χ1v) is 9.62. The quantitative estimate of drug-likeness (QED) is 0.865. The molecule has 4 nitrogen and oxygen atoms in total. The first-order chi connectivity index (χ1) is 11.4. The van der Waals surface area contributed by atoms with Gasteiger partial charge in [0.1, 0.15) is 0 Å². The Morgan fingerprint density at radius 2 is 2.17 bits per heavy atom. The molecular weight excluding hydrogens is 364 g/mol. The van der Waals surface area contributed by atoms with Gasteiger partial charge in [-0.25, -0.2) is 0 Å². The monoisotopic (exact) mass is 380 g/mol. The molecule has 0 bridgehead atoms. The number of halogens is 1. The molecule has 1 atom stereocenters. The predicted octanol–water partition coefficient (Wildman–Crippen LogP) is 4.17. The van der Waals surface area contributed by atoms with Crippen molar-refractivity contribution in [2.45, 2.75) is 30.0 Å². The van der Waals surface area contributed by atoms with Gasteiger partial charge < -0.3 is 10.2 Å². The van der Waals surface area contributed by atoms with Crippen LogP contribution in [-0.2, 0) is 16.1 Å². The van der Waals surface area contributed by atoms with Crippen molar-refractivity contribution in [3.63, 3.8) is 0 Å². The van der Waals surface area contributed by atoms with Gasteiger partial charge in [-0.15, -0.1) is 23.1 Å². The van der Waals surface area contributed by atoms with E-state index in [4.69, 9.17) is 11.6 Å². The van der Waals surface area contributed by atoms with E-state index in [0.29, 0.717) is 17.3 Å². The number of thioether (sulfide) groups is 1. The highest BCUT2D eigenvalue weighted by molar-refractivity contribution is 8.01. The number of amides is 2. The van der Waals surface area contributed by atoms with E-state index in [0.717, 1.165) is 4.90 Å². The zero-order valence-electron chi connectivity index (χ0n) is 13.3. The molecule has 1 aromatic heterocycles. The molecule has 1 aliphatic rings. The van der Waals surface area contributed by atoms with E-state index in [2.05, 4.69) is 5.32 Å². The van der Waals surface area contributed by atoms with Crippen LogP contribution in [0.2, 0.25) is 5.02 Å². The largest absolute Gasteiger partial charge is 0.341 e. The summed E-state index contributed by atoms with van der Waals surface area (Å²) in [5.41, 5.74) is 1.90. The normalized spacial score (nSPS) is 16.5. The van der Waals surface area contributed by atoms with Crippen LogP contribution < -0.4 is 5.32 Å². The van der Waals surface area contributed by atoms with Gasteiger partial charge in [0.2, 0.25) is 11.8 Å². The second-order valence-electron chi connectivity index (χ2n) is 5.72. The predicted molar refractivity (Wildman–Crippen MR) is 99.9 cm³/mol. The Morgan fingerprint density at radius 1 is 1.38 bits per heavy atom. The molecule has 1 N–H and O–H groups in total. The third kappa shape index (κ3) is 3.77. The van der Waals surface area contributed by atoms with Crippen LogP contribution in [-0.4, -0.2) is 29.0 Å². The van der Waals surface area contributed by atoms with Crippen LogP contribution in [0.4, 0.5) is 5.69 Å². The maximum absolute atomic E-state index is 12.5. The van der Waals surface area contributed by atoms with Gasteiger partial charge in [0.15, 0.2) is 0 Å². The van der Waals surface area contributed by atoms with E-state index >= 15 is 0 Å². The minimum Gasteiger partial charge on any atom is -0.341 e. The fraction of sp³-hybridized carbons (Fsp3) is 0.294. The molecule has 7 heteroatoms. The first-order valence-electron chi connectivity index (χ1n) is 7.48. The Morgan fingerprint density at radius 3 is 2.88 bits per heavy atom. The number of nitrogens with one attached hydrogen (secondary N) is 1. The summed E-state index contributed by atoms with van der Waals surface area (Å²) in [6.45, 7) is 2.62. The number of anilines is 1. The minimum atomic E-state index is -0.418. The molecule has 126 valence electrons. The zero-order valence-corrected chi connectivity index (χ0v) is 15.7. The maximum atomic E-state index is 12.5. The SMILES string of the molecule is Cc1ccsc1CN(C)C(=O)CC1Sc2ccc(Cl)cc2NC1=O. The summed E-state index contributed by atoms with van der Waals surface area (Å²) >= 11 is 9.00. The van der Waals surface area contributed by atoms with Crippen LogP contribution in [0.3, 0.4) is 0 Å². The van der Waals surface area contributed by atoms with Gasteiger partial charge in [0.25, 0.3) is 0 Å². The second kappa shape index (κ2) is 7.17. The molecule has 1 unspecified atom stereocenters. The molecule has 24 heavy (non-hydrogen) atoms. The van der Waals surface area contributed by atoms with E-state index < -0.39 is 5.25 Å². The van der Waals surface area contributed by atoms with Crippen molar-refractivity contribution in [3.8, 4) is 0 Å². The smallest absolute Gasteiger partial charge is 0.238 e. The highest BCUT2D eigenvalue weighted by Crippen LogP contribution is 2.38. The third-order valence-corrected chi connectivity index (χ3v) is 6.41. The summed E-state index contributed by atoms with van der Waals surface area (Å²) in [7, 11) is 1.78. The van der Waals surface area contributed by atoms with Crippen molar-refractivity contribution in [3.05, 3.63) is 45.1 Å². The molecule has 0 saturated carbocycles. The Hall–Kier alpha value is -1.50. The lowest BCUT2D eigenvalue weighted by atomic mass is 10.2. The summed E-state index contributed by atoms with van der Waals surface area (Å²) in [4.78, 5) is 28.5. The standard InChI is InChI=1S/C17H17ClN2O2S2/c1-10-5-6-23-15(10)9-20(2)16(21)8-14-17(22)19-12-7-11(18)3-4-13(12)24-14/h3-7,14H,8-9H2,1-2H3,(H,19,22). The van der Waals surface area contributed by atoms with Gasteiger partial charge in [-0.3, -0.25) is 9.59 Å². The molecule has 0 spiro atoms. The fourth-order valence-corrected chi connectivity index (χ4v) is 4.65. The number of hydrogen-bond donors (Lipinski definition) is 1. The molecular formula is C17H17ClN2O2S2. The fourth-order valence-electron chi connectivity index (χ4n) is 2.44. The molecule has 0 saturated heterocycles. The lowest BCUT2D eigenvalue weighted by molar-refractivity contribution is -0.131. The van der Waals surface area contributed by atoms with Crippen LogP contribution >= 0.6 is 34.7 Å². The van der Waals surface area contributed by atoms with Crippen molar-refractivity contribution >= 4 is 52.2 Å². The number of benzene rings is 1. The lowest BCUT2D eigenvalue weighted by Gasteiger charge is -2.25. The Kier molecular flexibility index (Phi) is 5.18. The van der Waals surface area contributed by atoms with Crippen LogP contribution in [0.1, 0.15) is 16.9 Å². The molecule has 1 aliphatic heterocycles. The van der Waals surface area contributed by atoms with Gasteiger partial charge in [0.05, 0.1) is 17.5 Å². The average molecular weight is 381 g/mol. The van der Waals surface area contributed by atoms with Crippen LogP contribution in [0.25, 0.3) is 0 Å². The number of nitrogens with zero attached hydrogens (tertiary/aromatic N) is 1. The van der Waals surface area contributed by atoms with Crippen molar-refractivity contribution in [2.75, 3.05) is 12.4 Å². The summed E-state index contributed by atoms with van der Waals surface area (Å²) in [5.74, 6) is -0.184. The van der Waals surface area contributed by atoms with E-state index in [1.165, 1.54) is 22.2 Å². The number of hydrogen-bond acceptors (Lipinski definition) is 4. The van der Waals surface area contributed by atoms with Crippen molar-refractivity contribution in [1.82, 2.24) is 4.90 Å². The van der Waals surface area contributed by atoms with Crippen LogP contribution in [0.15, 0.2) is 34.5 Å². The zero-order chi connectivity index (χ0) is 17.3. The first kappa shape index (κ1) is 17.3. The summed E-state index contributed by atoms with van der Waals surface area (Å²) in [6, 6.07) is 7.43. The van der Waals surface area contributed by atoms with E-state index in [9.17, 15) is 9.59 Å². The van der Waals surface area contributed by atoms with Crippen molar-refractivity contribution in [2.24, 2.45) is 0 Å². The minimum absolute atomic E-state index is 0.0344. The Labute approximate surface area is 154 Å². The summed E-state index contributed by atoms with van der Waals surface area (Å²) < 4.78 is 0. The lowest BCUT2D eigenvalue weighted by Crippen LogP contribution is -2.35. The van der Waals surface area contributed by atoms with Crippen LogP contribution in [0, 0.1) is 6.92 Å². The number of carbonyl (C=O) groups excluding carboxylic acids is 2. The van der Waals surface area contributed by atoms with Gasteiger partial charge in [-0.2, -0.15) is 0 Å². The van der Waals surface area contributed by atoms with Crippen LogP contribution in [0.5, 0.6) is 0 Å². The van der Waals surface area contributed by atoms with Gasteiger partial charge in [-0.05, 0) is 42.1 Å². The van der Waals surface area contributed by atoms with E-state index in [1.807, 2.05) is 24.4 Å². The Bertz CT molecular complexity index is 791. The molecule has 2 heterocycles. The van der Waals surface area contributed by atoms with E-state index in [1.54, 1.807) is 35.4 Å². The number of aryl methyl sites for hydroxylation is 1. The number of rotatable bonds is 4. The molecule has 1 aromatic carbocycles. The maximum Gasteiger partial charge on any atom is 0.238 e. The summed E-state index contributed by atoms with van der Waals surface area (Å²) in [6.07, 6.45) is 0.180. The average Bonchev–Trinajstić information content (AvgIpc) is 2.93. The van der Waals surface area contributed by atoms with Crippen molar-refractivity contribution in [1.29, 1.82) is 0 Å². The molecule has 3 rings (SSSR count). The number of fused-ring (bicyclic) bond motifs is 1. The second-order valence-corrected chi connectivity index (χ2v) is 8.40. The molecule has 0 fully saturated rings. The molecule has 2 aromatic rings. The van der Waals surface area contributed by atoms with Crippen molar-refractivity contribution < 1.29 is 9.59 Å². The number of thiophene rings is 1. The topological polar surface area (TPSA) is 49.4 Å². The molecule has 0 radical (unpaired) electrons. The Balaban J connectivity index is 1.65. The summed E-state index contributed by atoms with van der Waals surface area (Å²) in [5, 5.41) is 5.02. The molecule has 2 amide bonds. The molecule has 0 aliphatic carbocycles. The third-order valence-electron chi connectivity index (χ3n) is 3.90. The van der Waals surface area contributed by atoms with E-state index in [-0.39, 0.29) is 18.2 Å².